The molecule has 3 rings (SSSR count). The summed E-state index contributed by atoms with van der Waals surface area (Å²) in [6.45, 7) is 2.57. The van der Waals surface area contributed by atoms with E-state index in [0.29, 0.717) is 11.5 Å². The van der Waals surface area contributed by atoms with Gasteiger partial charge in [0, 0.05) is 12.0 Å². The van der Waals surface area contributed by atoms with Crippen LogP contribution < -0.4 is 15.8 Å². The van der Waals surface area contributed by atoms with Gasteiger partial charge in [0.05, 0.1) is 22.5 Å². The van der Waals surface area contributed by atoms with Crippen molar-refractivity contribution in [1.29, 1.82) is 0 Å². The Kier molecular flexibility index (Phi) is 5.22. The molecule has 9 heteroatoms. The minimum atomic E-state index is -2.85. The Morgan fingerprint density at radius 2 is 2.15 bits per heavy atom. The number of nitrogens with zero attached hydrogens (tertiary/aromatic N) is 2. The van der Waals surface area contributed by atoms with Gasteiger partial charge in [-0.3, -0.25) is 4.79 Å². The molecule has 0 atom stereocenters. The smallest absolute Gasteiger partial charge is 0.248 e. The van der Waals surface area contributed by atoms with E-state index < -0.39 is 18.3 Å². The summed E-state index contributed by atoms with van der Waals surface area (Å²) in [7, 11) is 0. The number of alkyl halides is 2. The maximum atomic E-state index is 13.1. The predicted octanol–water partition coefficient (Wildman–Crippen LogP) is 4.27. The fourth-order valence-electron chi connectivity index (χ4n) is 2.42. The molecule has 3 aromatic rings. The second-order valence-electron chi connectivity index (χ2n) is 6.19. The van der Waals surface area contributed by atoms with E-state index in [4.69, 9.17) is 10.5 Å². The Morgan fingerprint density at radius 3 is 2.85 bits per heavy atom. The molecule has 0 unspecified atom stereocenters. The molecule has 0 saturated carbocycles. The summed E-state index contributed by atoms with van der Waals surface area (Å²) in [6.07, 6.45) is 0.995. The molecule has 0 fully saturated rings. The number of anilines is 2. The highest BCUT2D eigenvalue weighted by molar-refractivity contribution is 7.18. The lowest BCUT2D eigenvalue weighted by Gasteiger charge is -2.16. The highest BCUT2D eigenvalue weighted by Gasteiger charge is 2.21. The number of aryl methyl sites for hydroxylation is 1. The normalized spacial score (nSPS) is 11.6. The number of nitrogens with one attached hydrogen (secondary N) is 1. The van der Waals surface area contributed by atoms with Gasteiger partial charge in [-0.15, -0.1) is 11.3 Å². The number of hydrogen-bond acceptors (Lipinski definition) is 6. The molecular formula is C18H18F2N4O2S. The van der Waals surface area contributed by atoms with E-state index >= 15 is 0 Å². The number of carbonyl (C=O) groups excluding carboxylic acids is 1. The zero-order chi connectivity index (χ0) is 19.6. The molecular weight excluding hydrogens is 374 g/mol. The molecule has 2 heterocycles. The molecule has 0 bridgehead atoms. The van der Waals surface area contributed by atoms with Crippen LogP contribution in [0.25, 0.3) is 10.2 Å². The van der Waals surface area contributed by atoms with Crippen LogP contribution in [0, 0.1) is 6.92 Å². The number of thiophene rings is 1. The molecule has 0 aliphatic carbocycles. The van der Waals surface area contributed by atoms with Gasteiger partial charge >= 0.3 is 0 Å². The monoisotopic (exact) mass is 392 g/mol. The fourth-order valence-corrected chi connectivity index (χ4v) is 3.37. The largest absolute Gasteiger partial charge is 0.491 e. The second-order valence-corrected chi connectivity index (χ2v) is 7.07. The minimum absolute atomic E-state index is 0.211. The molecule has 6 nitrogen and oxygen atoms in total. The number of benzene rings is 1. The lowest BCUT2D eigenvalue weighted by atomic mass is 10.1. The molecule has 0 radical (unpaired) electrons. The summed E-state index contributed by atoms with van der Waals surface area (Å²) in [5.41, 5.74) is 7.88. The Morgan fingerprint density at radius 1 is 1.37 bits per heavy atom. The highest BCUT2D eigenvalue weighted by atomic mass is 32.1. The number of nitrogens with two attached hydrogens (primary N) is 1. The molecule has 1 amide bonds. The average molecular weight is 392 g/mol. The van der Waals surface area contributed by atoms with Crippen LogP contribution in [0.1, 0.15) is 29.3 Å². The van der Waals surface area contributed by atoms with Crippen LogP contribution in [-0.2, 0) is 0 Å². The first-order valence-electron chi connectivity index (χ1n) is 8.15. The summed E-state index contributed by atoms with van der Waals surface area (Å²) in [4.78, 5) is 20.0. The number of hydrogen-bond donors (Lipinski definition) is 2. The zero-order valence-corrected chi connectivity index (χ0v) is 15.6. The van der Waals surface area contributed by atoms with Crippen LogP contribution in [0.5, 0.6) is 5.75 Å². The summed E-state index contributed by atoms with van der Waals surface area (Å²) >= 11 is 1.49. The minimum Gasteiger partial charge on any atom is -0.491 e. The summed E-state index contributed by atoms with van der Waals surface area (Å²) < 4.78 is 32.5. The Bertz CT molecular complexity index is 985. The highest BCUT2D eigenvalue weighted by Crippen LogP contribution is 2.34. The van der Waals surface area contributed by atoms with Crippen molar-refractivity contribution in [3.05, 3.63) is 41.0 Å². The van der Waals surface area contributed by atoms with Gasteiger partial charge < -0.3 is 15.8 Å². The van der Waals surface area contributed by atoms with Gasteiger partial charge in [-0.25, -0.2) is 18.7 Å². The summed E-state index contributed by atoms with van der Waals surface area (Å²) in [6, 6.07) is 4.56. The molecule has 142 valence electrons. The van der Waals surface area contributed by atoms with Crippen molar-refractivity contribution in [2.45, 2.75) is 26.2 Å². The number of rotatable bonds is 7. The topological polar surface area (TPSA) is 90.1 Å². The van der Waals surface area contributed by atoms with E-state index in [1.54, 1.807) is 6.07 Å². The van der Waals surface area contributed by atoms with Crippen LogP contribution in [0.2, 0.25) is 0 Å². The van der Waals surface area contributed by atoms with Crippen molar-refractivity contribution in [3.8, 4) is 5.75 Å². The molecule has 1 aromatic carbocycles. The number of ether oxygens (including phenoxy) is 1. The molecule has 0 aliphatic rings. The lowest BCUT2D eigenvalue weighted by Crippen LogP contribution is -2.16. The number of fused-ring (bicyclic) bond motifs is 1. The van der Waals surface area contributed by atoms with Gasteiger partial charge in [0.2, 0.25) is 11.8 Å². The predicted molar refractivity (Wildman–Crippen MR) is 101 cm³/mol. The second kappa shape index (κ2) is 7.43. The van der Waals surface area contributed by atoms with Crippen molar-refractivity contribution >= 4 is 39.0 Å². The van der Waals surface area contributed by atoms with E-state index in [1.807, 2.05) is 12.3 Å². The van der Waals surface area contributed by atoms with Crippen LogP contribution in [0.15, 0.2) is 29.9 Å². The van der Waals surface area contributed by atoms with Crippen LogP contribution in [0.3, 0.4) is 0 Å². The van der Waals surface area contributed by atoms with Crippen LogP contribution in [-0.4, -0.2) is 28.4 Å². The molecule has 0 saturated heterocycles. The number of halogens is 2. The van der Waals surface area contributed by atoms with Crippen molar-refractivity contribution in [2.24, 2.45) is 5.73 Å². The zero-order valence-electron chi connectivity index (χ0n) is 14.8. The fraction of sp³-hybridized carbons (Fsp3) is 0.278. The van der Waals surface area contributed by atoms with E-state index in [-0.39, 0.29) is 17.9 Å². The van der Waals surface area contributed by atoms with Crippen molar-refractivity contribution in [2.75, 3.05) is 11.9 Å². The molecule has 27 heavy (non-hydrogen) atoms. The number of amides is 1. The molecule has 0 aliphatic heterocycles. The first kappa shape index (κ1) is 19.0. The summed E-state index contributed by atoms with van der Waals surface area (Å²) in [5, 5.41) is 5.11. The number of primary amides is 1. The Balaban J connectivity index is 1.92. The first-order chi connectivity index (χ1) is 12.7. The van der Waals surface area contributed by atoms with Gasteiger partial charge in [0.1, 0.15) is 12.1 Å². The van der Waals surface area contributed by atoms with E-state index in [0.717, 1.165) is 22.7 Å². The first-order valence-corrected chi connectivity index (χ1v) is 9.03. The molecule has 3 N–H and O–H groups in total. The van der Waals surface area contributed by atoms with Gasteiger partial charge in [-0.05, 0) is 43.0 Å². The standard InChI is InChI=1S/C18H18F2N4O2S/c1-10-8-27-15-14(10)22-9-23-17(15)24-12-4-3-11(16(21)25)7-13(12)26-6-5-18(2,19)20/h3-4,7-9H,5-6H2,1-2H3,(H2,21,25)(H,22,23,24). The van der Waals surface area contributed by atoms with E-state index in [9.17, 15) is 13.6 Å². The van der Waals surface area contributed by atoms with E-state index in [2.05, 4.69) is 15.3 Å². The maximum absolute atomic E-state index is 13.1. The van der Waals surface area contributed by atoms with Crippen molar-refractivity contribution < 1.29 is 18.3 Å². The van der Waals surface area contributed by atoms with Crippen LogP contribution in [0.4, 0.5) is 20.3 Å². The average Bonchev–Trinajstić information content (AvgIpc) is 2.97. The molecule has 2 aromatic heterocycles. The maximum Gasteiger partial charge on any atom is 0.248 e. The third-order valence-electron chi connectivity index (χ3n) is 3.85. The van der Waals surface area contributed by atoms with Crippen molar-refractivity contribution in [1.82, 2.24) is 9.97 Å². The lowest BCUT2D eigenvalue weighted by molar-refractivity contribution is 0.000903. The van der Waals surface area contributed by atoms with Gasteiger partial charge in [0.15, 0.2) is 5.82 Å². The van der Waals surface area contributed by atoms with E-state index in [1.165, 1.54) is 29.8 Å². The Hall–Kier alpha value is -2.81. The molecule has 0 spiro atoms. The van der Waals surface area contributed by atoms with Gasteiger partial charge in [-0.2, -0.15) is 0 Å². The summed E-state index contributed by atoms with van der Waals surface area (Å²) in [5.74, 6) is -2.67. The third kappa shape index (κ3) is 4.48. The quantitative estimate of drug-likeness (QED) is 0.627. The van der Waals surface area contributed by atoms with Gasteiger partial charge in [0.25, 0.3) is 0 Å². The van der Waals surface area contributed by atoms with Crippen molar-refractivity contribution in [3.63, 3.8) is 0 Å². The van der Waals surface area contributed by atoms with Crippen LogP contribution >= 0.6 is 11.3 Å². The SMILES string of the molecule is Cc1csc2c(Nc3ccc(C(N)=O)cc3OCCC(C)(F)F)ncnc12. The third-order valence-corrected chi connectivity index (χ3v) is 4.94. The number of carbonyl (C=O) groups is 1. The van der Waals surface area contributed by atoms with Gasteiger partial charge in [-0.1, -0.05) is 0 Å². The Labute approximate surface area is 158 Å². The number of aromatic nitrogens is 2.